The van der Waals surface area contributed by atoms with Crippen LogP contribution in [0.5, 0.6) is 5.75 Å². The van der Waals surface area contributed by atoms with E-state index in [-0.39, 0.29) is 11.5 Å². The summed E-state index contributed by atoms with van der Waals surface area (Å²) in [5.74, 6) is 0.810. The zero-order valence-electron chi connectivity index (χ0n) is 12.5. The summed E-state index contributed by atoms with van der Waals surface area (Å²) in [5.41, 5.74) is 1.42. The molecule has 1 aromatic carbocycles. The van der Waals surface area contributed by atoms with Crippen LogP contribution in [-0.4, -0.2) is 17.4 Å². The van der Waals surface area contributed by atoms with Crippen molar-refractivity contribution < 1.29 is 13.9 Å². The molecule has 116 valence electrons. The van der Waals surface area contributed by atoms with Gasteiger partial charge in [0.15, 0.2) is 5.76 Å². The fourth-order valence-corrected chi connectivity index (χ4v) is 2.39. The second kappa shape index (κ2) is 6.67. The van der Waals surface area contributed by atoms with Gasteiger partial charge in [0.2, 0.25) is 5.78 Å². The second-order valence-corrected chi connectivity index (χ2v) is 5.19. The largest absolute Gasteiger partial charge is 0.494 e. The summed E-state index contributed by atoms with van der Waals surface area (Å²) in [5, 5.41) is 1.25. The van der Waals surface area contributed by atoms with Crippen molar-refractivity contribution in [2.75, 3.05) is 6.61 Å². The van der Waals surface area contributed by atoms with E-state index in [1.165, 1.54) is 12.3 Å². The van der Waals surface area contributed by atoms with Gasteiger partial charge in [-0.25, -0.2) is 4.98 Å². The van der Waals surface area contributed by atoms with Crippen LogP contribution in [0.4, 0.5) is 0 Å². The van der Waals surface area contributed by atoms with Crippen molar-refractivity contribution in [2.24, 2.45) is 0 Å². The highest BCUT2D eigenvalue weighted by Crippen LogP contribution is 2.25. The summed E-state index contributed by atoms with van der Waals surface area (Å²) in [7, 11) is 0. The number of ether oxygens (including phenoxy) is 1. The number of carbonyl (C=O) groups excluding carboxylic acids is 1. The number of fused-ring (bicyclic) bond motifs is 1. The fraction of sp³-hybridized carbons (Fsp3) is 0.111. The van der Waals surface area contributed by atoms with Crippen LogP contribution >= 0.6 is 11.6 Å². The number of rotatable bonds is 5. The van der Waals surface area contributed by atoms with Gasteiger partial charge in [-0.2, -0.15) is 0 Å². The lowest BCUT2D eigenvalue weighted by molar-refractivity contribution is 0.102. The van der Waals surface area contributed by atoms with Crippen LogP contribution in [0.3, 0.4) is 0 Å². The summed E-state index contributed by atoms with van der Waals surface area (Å²) < 4.78 is 10.5. The van der Waals surface area contributed by atoms with Crippen LogP contribution in [0.25, 0.3) is 17.0 Å². The number of pyridine rings is 1. The molecular weight excluding hydrogens is 314 g/mol. The van der Waals surface area contributed by atoms with Gasteiger partial charge in [0.1, 0.15) is 10.9 Å². The van der Waals surface area contributed by atoms with E-state index in [1.54, 1.807) is 18.2 Å². The number of allylic oxidation sites excluding steroid dienone is 1. The Labute approximate surface area is 138 Å². The lowest BCUT2D eigenvalue weighted by atomic mass is 10.1. The highest BCUT2D eigenvalue weighted by Gasteiger charge is 2.07. The van der Waals surface area contributed by atoms with E-state index >= 15 is 0 Å². The molecule has 0 atom stereocenters. The summed E-state index contributed by atoms with van der Waals surface area (Å²) >= 11 is 6.20. The molecule has 0 bridgehead atoms. The van der Waals surface area contributed by atoms with Gasteiger partial charge in [-0.3, -0.25) is 4.79 Å². The van der Waals surface area contributed by atoms with E-state index in [2.05, 4.69) is 4.98 Å². The Morgan fingerprint density at radius 2 is 2.22 bits per heavy atom. The summed E-state index contributed by atoms with van der Waals surface area (Å²) in [4.78, 5) is 16.3. The number of furan rings is 1. The zero-order valence-corrected chi connectivity index (χ0v) is 13.2. The number of carbonyl (C=O) groups is 1. The van der Waals surface area contributed by atoms with Gasteiger partial charge in [-0.05, 0) is 49.4 Å². The van der Waals surface area contributed by atoms with Gasteiger partial charge in [0.25, 0.3) is 0 Å². The molecule has 0 radical (unpaired) electrons. The average Bonchev–Trinajstić information content (AvgIpc) is 3.07. The maximum absolute atomic E-state index is 11.9. The molecule has 0 aliphatic heterocycles. The van der Waals surface area contributed by atoms with E-state index in [1.807, 2.05) is 31.2 Å². The molecule has 0 fully saturated rings. The van der Waals surface area contributed by atoms with Crippen LogP contribution in [0.1, 0.15) is 23.0 Å². The van der Waals surface area contributed by atoms with E-state index < -0.39 is 0 Å². The number of hydrogen-bond acceptors (Lipinski definition) is 4. The average molecular weight is 328 g/mol. The first-order valence-electron chi connectivity index (χ1n) is 7.16. The highest BCUT2D eigenvalue weighted by atomic mass is 35.5. The second-order valence-electron chi connectivity index (χ2n) is 4.83. The summed E-state index contributed by atoms with van der Waals surface area (Å²) in [6, 6.07) is 10.8. The summed E-state index contributed by atoms with van der Waals surface area (Å²) in [6.45, 7) is 2.52. The molecule has 0 unspecified atom stereocenters. The van der Waals surface area contributed by atoms with Crippen molar-refractivity contribution in [1.82, 2.24) is 4.98 Å². The van der Waals surface area contributed by atoms with E-state index in [0.717, 1.165) is 16.7 Å². The van der Waals surface area contributed by atoms with Gasteiger partial charge in [-0.1, -0.05) is 11.6 Å². The highest BCUT2D eigenvalue weighted by molar-refractivity contribution is 6.31. The third-order valence-electron chi connectivity index (χ3n) is 3.26. The van der Waals surface area contributed by atoms with E-state index in [9.17, 15) is 4.79 Å². The Morgan fingerprint density at radius 3 is 2.96 bits per heavy atom. The first-order chi connectivity index (χ1) is 11.2. The van der Waals surface area contributed by atoms with Gasteiger partial charge in [0.05, 0.1) is 18.4 Å². The summed E-state index contributed by atoms with van der Waals surface area (Å²) in [6.07, 6.45) is 4.51. The smallest absolute Gasteiger partial charge is 0.221 e. The van der Waals surface area contributed by atoms with Crippen molar-refractivity contribution in [3.8, 4) is 5.75 Å². The molecule has 23 heavy (non-hydrogen) atoms. The maximum Gasteiger partial charge on any atom is 0.221 e. The van der Waals surface area contributed by atoms with Gasteiger partial charge in [0, 0.05) is 17.0 Å². The van der Waals surface area contributed by atoms with Crippen LogP contribution in [0.2, 0.25) is 5.15 Å². The molecule has 0 saturated carbocycles. The SMILES string of the molecule is CCOc1ccc2cc(/C=C/C(=O)c3ccco3)c(Cl)nc2c1. The third kappa shape index (κ3) is 3.43. The molecule has 0 saturated heterocycles. The molecule has 2 heterocycles. The van der Waals surface area contributed by atoms with Crippen molar-refractivity contribution >= 4 is 34.4 Å². The van der Waals surface area contributed by atoms with Crippen LogP contribution < -0.4 is 4.74 Å². The Bertz CT molecular complexity index is 869. The predicted octanol–water partition coefficient (Wildman–Crippen LogP) is 4.78. The Kier molecular flexibility index (Phi) is 4.44. The van der Waals surface area contributed by atoms with Crippen molar-refractivity contribution in [3.05, 3.63) is 65.2 Å². The number of halogens is 1. The number of nitrogens with zero attached hydrogens (tertiary/aromatic N) is 1. The number of hydrogen-bond donors (Lipinski definition) is 0. The third-order valence-corrected chi connectivity index (χ3v) is 3.56. The molecule has 3 aromatic rings. The van der Waals surface area contributed by atoms with Crippen LogP contribution in [-0.2, 0) is 0 Å². The lowest BCUT2D eigenvalue weighted by Gasteiger charge is -2.06. The van der Waals surface area contributed by atoms with Crippen molar-refractivity contribution in [3.63, 3.8) is 0 Å². The molecule has 0 spiro atoms. The van der Waals surface area contributed by atoms with Gasteiger partial charge < -0.3 is 9.15 Å². The monoisotopic (exact) mass is 327 g/mol. The van der Waals surface area contributed by atoms with Gasteiger partial charge >= 0.3 is 0 Å². The number of ketones is 1. The molecule has 0 aliphatic rings. The normalized spacial score (nSPS) is 11.2. The number of benzene rings is 1. The lowest BCUT2D eigenvalue weighted by Crippen LogP contribution is -1.93. The standard InChI is InChI=1S/C18H14ClNO3/c1-2-22-14-7-5-12-10-13(18(19)20-15(12)11-14)6-8-16(21)17-4-3-9-23-17/h3-11H,2H2,1H3/b8-6+. The minimum Gasteiger partial charge on any atom is -0.494 e. The maximum atomic E-state index is 11.9. The Hall–Kier alpha value is -2.59. The van der Waals surface area contributed by atoms with Crippen LogP contribution in [0.15, 0.2) is 53.2 Å². The molecule has 3 rings (SSSR count). The molecular formula is C18H14ClNO3. The molecule has 5 heteroatoms. The topological polar surface area (TPSA) is 52.3 Å². The van der Waals surface area contributed by atoms with E-state index in [0.29, 0.717) is 17.3 Å². The Morgan fingerprint density at radius 1 is 1.35 bits per heavy atom. The van der Waals surface area contributed by atoms with Crippen molar-refractivity contribution in [1.29, 1.82) is 0 Å². The molecule has 0 aliphatic carbocycles. The first-order valence-corrected chi connectivity index (χ1v) is 7.54. The van der Waals surface area contributed by atoms with Gasteiger partial charge in [-0.15, -0.1) is 0 Å². The first kappa shape index (κ1) is 15.3. The van der Waals surface area contributed by atoms with Crippen LogP contribution in [0, 0.1) is 0 Å². The quantitative estimate of drug-likeness (QED) is 0.384. The molecule has 2 aromatic heterocycles. The zero-order chi connectivity index (χ0) is 16.2. The van der Waals surface area contributed by atoms with Crippen molar-refractivity contribution in [2.45, 2.75) is 6.92 Å². The van der Waals surface area contributed by atoms with E-state index in [4.69, 9.17) is 20.8 Å². The Balaban J connectivity index is 1.91. The molecule has 0 amide bonds. The number of aromatic nitrogens is 1. The predicted molar refractivity (Wildman–Crippen MR) is 90.0 cm³/mol. The minimum absolute atomic E-state index is 0.224. The fourth-order valence-electron chi connectivity index (χ4n) is 2.18. The molecule has 0 N–H and O–H groups in total. The minimum atomic E-state index is -0.224. The molecule has 4 nitrogen and oxygen atoms in total.